The number of urea groups is 1. The van der Waals surface area contributed by atoms with Crippen LogP contribution >= 0.6 is 0 Å². The van der Waals surface area contributed by atoms with Crippen LogP contribution in [0, 0.1) is 12.7 Å². The van der Waals surface area contributed by atoms with E-state index in [4.69, 9.17) is 5.11 Å². The van der Waals surface area contributed by atoms with Crippen LogP contribution in [0.3, 0.4) is 0 Å². The van der Waals surface area contributed by atoms with Crippen LogP contribution in [0.2, 0.25) is 0 Å². The summed E-state index contributed by atoms with van der Waals surface area (Å²) in [6.07, 6.45) is 1.21. The first kappa shape index (κ1) is 17.4. The molecule has 1 aromatic rings. The Morgan fingerprint density at radius 3 is 2.67 bits per heavy atom. The summed E-state index contributed by atoms with van der Waals surface area (Å²) in [6, 6.07) is 4.32. The molecule has 0 aliphatic rings. The molecule has 1 rings (SSSR count). The first-order valence-electron chi connectivity index (χ1n) is 7.27. The summed E-state index contributed by atoms with van der Waals surface area (Å²) in [4.78, 5) is 12.0. The first-order valence-corrected chi connectivity index (χ1v) is 7.27. The van der Waals surface area contributed by atoms with E-state index in [1.165, 1.54) is 6.07 Å². The molecule has 118 valence electrons. The Kier molecular flexibility index (Phi) is 6.15. The van der Waals surface area contributed by atoms with Crippen molar-refractivity contribution in [3.05, 3.63) is 35.1 Å². The number of amides is 2. The molecule has 5 heteroatoms. The molecule has 0 spiro atoms. The highest BCUT2D eigenvalue weighted by atomic mass is 19.1. The lowest BCUT2D eigenvalue weighted by atomic mass is 9.95. The van der Waals surface area contributed by atoms with Gasteiger partial charge in [-0.05, 0) is 50.8 Å². The molecule has 2 unspecified atom stereocenters. The van der Waals surface area contributed by atoms with Crippen molar-refractivity contribution in [2.75, 3.05) is 6.61 Å². The predicted octanol–water partition coefficient (Wildman–Crippen LogP) is 3.05. The molecule has 21 heavy (non-hydrogen) atoms. The fourth-order valence-corrected chi connectivity index (χ4v) is 2.04. The third kappa shape index (κ3) is 5.01. The summed E-state index contributed by atoms with van der Waals surface area (Å²) in [7, 11) is 0. The van der Waals surface area contributed by atoms with E-state index in [1.807, 2.05) is 13.8 Å². The largest absolute Gasteiger partial charge is 0.396 e. The van der Waals surface area contributed by atoms with Gasteiger partial charge < -0.3 is 15.7 Å². The topological polar surface area (TPSA) is 61.4 Å². The molecule has 2 atom stereocenters. The molecule has 0 aliphatic heterocycles. The number of aliphatic hydroxyl groups is 1. The number of aliphatic hydroxyl groups excluding tert-OH is 1. The Morgan fingerprint density at radius 2 is 2.14 bits per heavy atom. The van der Waals surface area contributed by atoms with Crippen LogP contribution < -0.4 is 10.6 Å². The summed E-state index contributed by atoms with van der Waals surface area (Å²) in [5.41, 5.74) is 0.849. The Labute approximate surface area is 125 Å². The van der Waals surface area contributed by atoms with E-state index >= 15 is 0 Å². The minimum absolute atomic E-state index is 0.0172. The Morgan fingerprint density at radius 1 is 1.48 bits per heavy atom. The molecular formula is C16H25FN2O2. The molecular weight excluding hydrogens is 271 g/mol. The fourth-order valence-electron chi connectivity index (χ4n) is 2.04. The van der Waals surface area contributed by atoms with Crippen molar-refractivity contribution in [3.8, 4) is 0 Å². The average Bonchev–Trinajstić information content (AvgIpc) is 2.41. The van der Waals surface area contributed by atoms with E-state index < -0.39 is 5.54 Å². The van der Waals surface area contributed by atoms with E-state index in [0.29, 0.717) is 24.0 Å². The van der Waals surface area contributed by atoms with Crippen molar-refractivity contribution in [2.45, 2.75) is 52.1 Å². The highest BCUT2D eigenvalue weighted by molar-refractivity contribution is 5.75. The van der Waals surface area contributed by atoms with Crippen LogP contribution in [0.1, 0.15) is 50.8 Å². The molecule has 0 aromatic heterocycles. The summed E-state index contributed by atoms with van der Waals surface area (Å²) in [5, 5.41) is 14.7. The molecule has 0 saturated heterocycles. The Bertz CT molecular complexity index is 493. The standard InChI is InChI=1S/C16H25FN2O2/c1-5-16(4,8-9-20)19-15(21)18-12(3)13-7-6-11(2)14(17)10-13/h6-7,10,12,20H,5,8-9H2,1-4H3,(H2,18,19,21). The number of hydrogen-bond donors (Lipinski definition) is 3. The SMILES string of the molecule is CCC(C)(CCO)NC(=O)NC(C)c1ccc(C)c(F)c1. The van der Waals surface area contributed by atoms with Gasteiger partial charge in [-0.2, -0.15) is 0 Å². The van der Waals surface area contributed by atoms with E-state index in [9.17, 15) is 9.18 Å². The minimum Gasteiger partial charge on any atom is -0.396 e. The highest BCUT2D eigenvalue weighted by Gasteiger charge is 2.24. The quantitative estimate of drug-likeness (QED) is 0.755. The summed E-state index contributed by atoms with van der Waals surface area (Å²) in [5.74, 6) is -0.278. The fraction of sp³-hybridized carbons (Fsp3) is 0.562. The molecule has 0 aliphatic carbocycles. The predicted molar refractivity (Wildman–Crippen MR) is 81.6 cm³/mol. The maximum absolute atomic E-state index is 13.5. The van der Waals surface area contributed by atoms with Gasteiger partial charge in [-0.1, -0.05) is 19.1 Å². The van der Waals surface area contributed by atoms with Gasteiger partial charge in [0, 0.05) is 12.1 Å². The lowest BCUT2D eigenvalue weighted by molar-refractivity contribution is 0.199. The second-order valence-corrected chi connectivity index (χ2v) is 5.72. The van der Waals surface area contributed by atoms with Crippen molar-refractivity contribution in [1.29, 1.82) is 0 Å². The number of aryl methyl sites for hydroxylation is 1. The van der Waals surface area contributed by atoms with Crippen LogP contribution in [-0.2, 0) is 0 Å². The van der Waals surface area contributed by atoms with Gasteiger partial charge in [0.1, 0.15) is 5.82 Å². The molecule has 3 N–H and O–H groups in total. The summed E-state index contributed by atoms with van der Waals surface area (Å²) >= 11 is 0. The maximum atomic E-state index is 13.5. The lowest BCUT2D eigenvalue weighted by Crippen LogP contribution is -2.50. The van der Waals surface area contributed by atoms with Gasteiger partial charge >= 0.3 is 6.03 Å². The molecule has 2 amide bonds. The summed E-state index contributed by atoms with van der Waals surface area (Å²) < 4.78 is 13.5. The van der Waals surface area contributed by atoms with Gasteiger partial charge in [-0.3, -0.25) is 0 Å². The molecule has 0 radical (unpaired) electrons. The van der Waals surface area contributed by atoms with E-state index in [2.05, 4.69) is 10.6 Å². The van der Waals surface area contributed by atoms with Crippen molar-refractivity contribution in [3.63, 3.8) is 0 Å². The minimum atomic E-state index is -0.447. The number of carbonyl (C=O) groups excluding carboxylic acids is 1. The van der Waals surface area contributed by atoms with Crippen LogP contribution in [0.5, 0.6) is 0 Å². The van der Waals surface area contributed by atoms with Gasteiger partial charge in [0.05, 0.1) is 6.04 Å². The van der Waals surface area contributed by atoms with Gasteiger partial charge in [-0.15, -0.1) is 0 Å². The lowest BCUT2D eigenvalue weighted by Gasteiger charge is -2.30. The zero-order valence-electron chi connectivity index (χ0n) is 13.2. The average molecular weight is 296 g/mol. The van der Waals surface area contributed by atoms with E-state index in [1.54, 1.807) is 26.0 Å². The third-order valence-electron chi connectivity index (χ3n) is 3.90. The smallest absolute Gasteiger partial charge is 0.315 e. The second-order valence-electron chi connectivity index (χ2n) is 5.72. The number of nitrogens with one attached hydrogen (secondary N) is 2. The first-order chi connectivity index (χ1) is 9.81. The van der Waals surface area contributed by atoms with Crippen molar-refractivity contribution in [1.82, 2.24) is 10.6 Å². The molecule has 0 fully saturated rings. The van der Waals surface area contributed by atoms with Crippen molar-refractivity contribution >= 4 is 6.03 Å². The van der Waals surface area contributed by atoms with E-state index in [0.717, 1.165) is 0 Å². The van der Waals surface area contributed by atoms with Crippen LogP contribution in [-0.4, -0.2) is 23.3 Å². The zero-order chi connectivity index (χ0) is 16.0. The number of carbonyl (C=O) groups is 1. The van der Waals surface area contributed by atoms with Gasteiger partial charge in [0.2, 0.25) is 0 Å². The number of hydrogen-bond acceptors (Lipinski definition) is 2. The molecule has 4 nitrogen and oxygen atoms in total. The van der Waals surface area contributed by atoms with Crippen molar-refractivity contribution in [2.24, 2.45) is 0 Å². The van der Waals surface area contributed by atoms with Gasteiger partial charge in [0.25, 0.3) is 0 Å². The van der Waals surface area contributed by atoms with Crippen LogP contribution in [0.15, 0.2) is 18.2 Å². The van der Waals surface area contributed by atoms with Gasteiger partial charge in [-0.25, -0.2) is 9.18 Å². The van der Waals surface area contributed by atoms with E-state index in [-0.39, 0.29) is 24.5 Å². The number of rotatable bonds is 6. The third-order valence-corrected chi connectivity index (χ3v) is 3.90. The number of benzene rings is 1. The monoisotopic (exact) mass is 296 g/mol. The van der Waals surface area contributed by atoms with Crippen LogP contribution in [0.25, 0.3) is 0 Å². The van der Waals surface area contributed by atoms with Crippen LogP contribution in [0.4, 0.5) is 9.18 Å². The second kappa shape index (κ2) is 7.41. The zero-order valence-corrected chi connectivity index (χ0v) is 13.2. The number of halogens is 1. The molecule has 0 heterocycles. The maximum Gasteiger partial charge on any atom is 0.315 e. The molecule has 1 aromatic carbocycles. The highest BCUT2D eigenvalue weighted by Crippen LogP contribution is 2.17. The Balaban J connectivity index is 2.67. The normalized spacial score (nSPS) is 15.1. The van der Waals surface area contributed by atoms with Gasteiger partial charge in [0.15, 0.2) is 0 Å². The molecule has 0 saturated carbocycles. The van der Waals surface area contributed by atoms with Crippen molar-refractivity contribution < 1.29 is 14.3 Å². The summed E-state index contributed by atoms with van der Waals surface area (Å²) in [6.45, 7) is 7.36. The molecule has 0 bridgehead atoms. The Hall–Kier alpha value is -1.62.